The summed E-state index contributed by atoms with van der Waals surface area (Å²) in [6.07, 6.45) is 0. The highest BCUT2D eigenvalue weighted by Gasteiger charge is 2.22. The molecule has 2 atom stereocenters. The van der Waals surface area contributed by atoms with Gasteiger partial charge >= 0.3 is 0 Å². The highest BCUT2D eigenvalue weighted by molar-refractivity contribution is 8.00. The fourth-order valence-electron chi connectivity index (χ4n) is 3.03. The third-order valence-electron chi connectivity index (χ3n) is 4.62. The first-order chi connectivity index (χ1) is 13.0. The molecule has 3 aromatic rings. The molecular formula is C24H25NOS. The van der Waals surface area contributed by atoms with Crippen LogP contribution >= 0.6 is 11.8 Å². The molecule has 0 saturated heterocycles. The van der Waals surface area contributed by atoms with E-state index < -0.39 is 0 Å². The zero-order valence-electron chi connectivity index (χ0n) is 16.0. The molecule has 1 amide bonds. The van der Waals surface area contributed by atoms with E-state index in [9.17, 15) is 4.79 Å². The van der Waals surface area contributed by atoms with Gasteiger partial charge in [0.05, 0.1) is 11.3 Å². The molecule has 0 unspecified atom stereocenters. The second kappa shape index (κ2) is 8.92. The fraction of sp³-hybridized carbons (Fsp3) is 0.208. The molecule has 2 nitrogen and oxygen atoms in total. The number of rotatable bonds is 6. The van der Waals surface area contributed by atoms with Crippen molar-refractivity contribution >= 4 is 17.7 Å². The van der Waals surface area contributed by atoms with E-state index in [2.05, 4.69) is 67.7 Å². The zero-order valence-corrected chi connectivity index (χ0v) is 16.8. The molecule has 0 heterocycles. The molecule has 3 aromatic carbocycles. The van der Waals surface area contributed by atoms with E-state index in [1.54, 1.807) is 11.8 Å². The zero-order chi connectivity index (χ0) is 19.2. The first-order valence-corrected chi connectivity index (χ1v) is 10.1. The van der Waals surface area contributed by atoms with Gasteiger partial charge < -0.3 is 5.32 Å². The molecule has 0 aliphatic heterocycles. The van der Waals surface area contributed by atoms with Crippen LogP contribution in [0.5, 0.6) is 0 Å². The van der Waals surface area contributed by atoms with Gasteiger partial charge in [0.2, 0.25) is 5.91 Å². The molecule has 3 rings (SSSR count). The van der Waals surface area contributed by atoms with Crippen LogP contribution in [0.25, 0.3) is 0 Å². The van der Waals surface area contributed by atoms with Gasteiger partial charge in [-0.2, -0.15) is 0 Å². The van der Waals surface area contributed by atoms with Gasteiger partial charge in [0.25, 0.3) is 0 Å². The summed E-state index contributed by atoms with van der Waals surface area (Å²) in [5, 5.41) is 3.08. The lowest BCUT2D eigenvalue weighted by molar-refractivity contribution is -0.120. The molecule has 0 spiro atoms. The molecule has 0 bridgehead atoms. The maximum absolute atomic E-state index is 13.0. The summed E-state index contributed by atoms with van der Waals surface area (Å²) in [7, 11) is 0. The SMILES string of the molecule is Cc1ccc(S[C@H](C)C(=O)N[C@H](c2ccccc2)c2ccccc2C)cc1. The Balaban J connectivity index is 1.80. The minimum atomic E-state index is -0.178. The predicted octanol–water partition coefficient (Wildman–Crippen LogP) is 5.69. The number of nitrogens with one attached hydrogen (secondary N) is 1. The Kier molecular flexibility index (Phi) is 6.36. The van der Waals surface area contributed by atoms with Gasteiger partial charge in [-0.05, 0) is 49.6 Å². The molecule has 0 radical (unpaired) electrons. The highest BCUT2D eigenvalue weighted by atomic mass is 32.2. The number of carbonyl (C=O) groups is 1. The average Bonchev–Trinajstić information content (AvgIpc) is 2.69. The maximum Gasteiger partial charge on any atom is 0.233 e. The normalized spacial score (nSPS) is 13.0. The van der Waals surface area contributed by atoms with Gasteiger partial charge in [0, 0.05) is 4.90 Å². The van der Waals surface area contributed by atoms with Crippen molar-refractivity contribution in [2.45, 2.75) is 37.0 Å². The van der Waals surface area contributed by atoms with Crippen LogP contribution in [-0.4, -0.2) is 11.2 Å². The molecular weight excluding hydrogens is 350 g/mol. The van der Waals surface area contributed by atoms with E-state index in [-0.39, 0.29) is 17.2 Å². The monoisotopic (exact) mass is 375 g/mol. The topological polar surface area (TPSA) is 29.1 Å². The van der Waals surface area contributed by atoms with E-state index in [1.807, 2.05) is 37.3 Å². The van der Waals surface area contributed by atoms with Crippen molar-refractivity contribution in [1.29, 1.82) is 0 Å². The molecule has 1 N–H and O–H groups in total. The molecule has 3 heteroatoms. The van der Waals surface area contributed by atoms with E-state index in [0.717, 1.165) is 16.0 Å². The highest BCUT2D eigenvalue weighted by Crippen LogP contribution is 2.27. The summed E-state index contributed by atoms with van der Waals surface area (Å²) >= 11 is 1.58. The average molecular weight is 376 g/mol. The largest absolute Gasteiger partial charge is 0.344 e. The third kappa shape index (κ3) is 5.01. The summed E-state index contributed by atoms with van der Waals surface area (Å²) < 4.78 is 0. The van der Waals surface area contributed by atoms with Crippen molar-refractivity contribution in [2.75, 3.05) is 0 Å². The van der Waals surface area contributed by atoms with Crippen molar-refractivity contribution in [3.05, 3.63) is 101 Å². The van der Waals surface area contributed by atoms with E-state index in [0.29, 0.717) is 0 Å². The number of hydrogen-bond acceptors (Lipinski definition) is 2. The predicted molar refractivity (Wildman–Crippen MR) is 114 cm³/mol. The maximum atomic E-state index is 13.0. The molecule has 0 aliphatic carbocycles. The standard InChI is InChI=1S/C24H25NOS/c1-17-13-15-21(16-14-17)27-19(3)24(26)25-23(20-10-5-4-6-11-20)22-12-8-7-9-18(22)2/h4-16,19,23H,1-3H3,(H,25,26)/t19-,23-/m1/s1. The minimum Gasteiger partial charge on any atom is -0.344 e. The smallest absolute Gasteiger partial charge is 0.233 e. The lowest BCUT2D eigenvalue weighted by Crippen LogP contribution is -2.35. The second-order valence-electron chi connectivity index (χ2n) is 6.78. The van der Waals surface area contributed by atoms with E-state index in [4.69, 9.17) is 0 Å². The van der Waals surface area contributed by atoms with Gasteiger partial charge in [-0.25, -0.2) is 0 Å². The number of benzene rings is 3. The molecule has 0 aliphatic rings. The summed E-state index contributed by atoms with van der Waals surface area (Å²) in [4.78, 5) is 14.1. The molecule has 0 aromatic heterocycles. The van der Waals surface area contributed by atoms with Crippen molar-refractivity contribution in [2.24, 2.45) is 0 Å². The molecule has 0 fully saturated rings. The summed E-state index contributed by atoms with van der Waals surface area (Å²) in [6.45, 7) is 6.11. The second-order valence-corrected chi connectivity index (χ2v) is 8.20. The Hall–Kier alpha value is -2.52. The summed E-state index contributed by atoms with van der Waals surface area (Å²) in [5.74, 6) is 0.0395. The number of thioether (sulfide) groups is 1. The Morgan fingerprint density at radius 1 is 0.852 bits per heavy atom. The van der Waals surface area contributed by atoms with Crippen molar-refractivity contribution in [3.8, 4) is 0 Å². The minimum absolute atomic E-state index is 0.0395. The van der Waals surface area contributed by atoms with Crippen LogP contribution in [0.4, 0.5) is 0 Å². The lowest BCUT2D eigenvalue weighted by Gasteiger charge is -2.23. The van der Waals surface area contributed by atoms with Crippen LogP contribution in [0, 0.1) is 13.8 Å². The van der Waals surface area contributed by atoms with Crippen LogP contribution in [-0.2, 0) is 4.79 Å². The van der Waals surface area contributed by atoms with Gasteiger partial charge in [-0.1, -0.05) is 72.3 Å². The summed E-state index contributed by atoms with van der Waals surface area (Å²) in [5.41, 5.74) is 4.61. The first-order valence-electron chi connectivity index (χ1n) is 9.19. The van der Waals surface area contributed by atoms with Gasteiger partial charge in [0.15, 0.2) is 0 Å². The van der Waals surface area contributed by atoms with Gasteiger partial charge in [-0.3, -0.25) is 4.79 Å². The Morgan fingerprint density at radius 3 is 2.15 bits per heavy atom. The number of carbonyl (C=O) groups excluding carboxylic acids is 1. The number of aryl methyl sites for hydroxylation is 2. The van der Waals surface area contributed by atoms with Crippen LogP contribution in [0.1, 0.15) is 35.2 Å². The number of hydrogen-bond donors (Lipinski definition) is 1. The van der Waals surface area contributed by atoms with Crippen LogP contribution in [0.15, 0.2) is 83.8 Å². The van der Waals surface area contributed by atoms with Gasteiger partial charge in [-0.15, -0.1) is 11.8 Å². The molecule has 27 heavy (non-hydrogen) atoms. The van der Waals surface area contributed by atoms with Crippen molar-refractivity contribution < 1.29 is 4.79 Å². The molecule has 0 saturated carbocycles. The quantitative estimate of drug-likeness (QED) is 0.561. The summed E-state index contributed by atoms with van der Waals surface area (Å²) in [6, 6.07) is 26.5. The van der Waals surface area contributed by atoms with Crippen molar-refractivity contribution in [3.63, 3.8) is 0 Å². The fourth-order valence-corrected chi connectivity index (χ4v) is 3.91. The van der Waals surface area contributed by atoms with Crippen LogP contribution in [0.3, 0.4) is 0 Å². The Morgan fingerprint density at radius 2 is 1.48 bits per heavy atom. The Labute approximate surface area is 166 Å². The van der Waals surface area contributed by atoms with E-state index >= 15 is 0 Å². The lowest BCUT2D eigenvalue weighted by atomic mass is 9.95. The molecule has 138 valence electrons. The number of amides is 1. The first kappa shape index (κ1) is 19.2. The van der Waals surface area contributed by atoms with Crippen LogP contribution in [0.2, 0.25) is 0 Å². The van der Waals surface area contributed by atoms with Crippen LogP contribution < -0.4 is 5.32 Å². The van der Waals surface area contributed by atoms with E-state index in [1.165, 1.54) is 11.1 Å². The Bertz CT molecular complexity index is 890. The van der Waals surface area contributed by atoms with Crippen molar-refractivity contribution in [1.82, 2.24) is 5.32 Å². The third-order valence-corrected chi connectivity index (χ3v) is 5.73. The van der Waals surface area contributed by atoms with Gasteiger partial charge in [0.1, 0.15) is 0 Å².